The topological polar surface area (TPSA) is 75.3 Å². The second-order valence-corrected chi connectivity index (χ2v) is 3.71. The molecule has 0 N–H and O–H groups in total. The van der Waals surface area contributed by atoms with Crippen LogP contribution in [0.4, 0.5) is 0 Å². The molecule has 0 spiro atoms. The SMILES string of the molecule is N#Cc1cccc2c1C=Cc1nnnnc1C2. The van der Waals surface area contributed by atoms with E-state index in [1.807, 2.05) is 24.3 Å². The molecule has 3 rings (SSSR count). The van der Waals surface area contributed by atoms with Crippen molar-refractivity contribution in [3.63, 3.8) is 0 Å². The Morgan fingerprint density at radius 3 is 2.88 bits per heavy atom. The first-order valence-corrected chi connectivity index (χ1v) is 5.13. The monoisotopic (exact) mass is 221 g/mol. The molecule has 2 aromatic rings. The van der Waals surface area contributed by atoms with Gasteiger partial charge in [0.15, 0.2) is 0 Å². The second kappa shape index (κ2) is 3.76. The first kappa shape index (κ1) is 9.60. The summed E-state index contributed by atoms with van der Waals surface area (Å²) in [6.07, 6.45) is 4.33. The summed E-state index contributed by atoms with van der Waals surface area (Å²) in [6.45, 7) is 0. The second-order valence-electron chi connectivity index (χ2n) is 3.71. The zero-order chi connectivity index (χ0) is 11.7. The van der Waals surface area contributed by atoms with E-state index in [4.69, 9.17) is 5.26 Å². The van der Waals surface area contributed by atoms with E-state index in [0.717, 1.165) is 16.8 Å². The van der Waals surface area contributed by atoms with Crippen molar-refractivity contribution in [2.45, 2.75) is 6.42 Å². The summed E-state index contributed by atoms with van der Waals surface area (Å²) < 4.78 is 0. The number of fused-ring (bicyclic) bond motifs is 2. The Balaban J connectivity index is 2.22. The van der Waals surface area contributed by atoms with Crippen molar-refractivity contribution in [1.29, 1.82) is 5.26 Å². The molecule has 0 amide bonds. The molecule has 5 nitrogen and oxygen atoms in total. The first-order chi connectivity index (χ1) is 8.38. The maximum atomic E-state index is 9.06. The minimum Gasteiger partial charge on any atom is -0.192 e. The van der Waals surface area contributed by atoms with E-state index in [1.54, 1.807) is 6.07 Å². The van der Waals surface area contributed by atoms with Crippen LogP contribution in [0.15, 0.2) is 18.2 Å². The fourth-order valence-corrected chi connectivity index (χ4v) is 1.91. The van der Waals surface area contributed by atoms with Crippen LogP contribution in [-0.4, -0.2) is 20.6 Å². The lowest BCUT2D eigenvalue weighted by atomic mass is 9.99. The highest BCUT2D eigenvalue weighted by molar-refractivity contribution is 5.75. The van der Waals surface area contributed by atoms with Gasteiger partial charge in [0.1, 0.15) is 5.69 Å². The van der Waals surface area contributed by atoms with Gasteiger partial charge >= 0.3 is 0 Å². The van der Waals surface area contributed by atoms with Gasteiger partial charge in [-0.15, -0.1) is 10.2 Å². The fourth-order valence-electron chi connectivity index (χ4n) is 1.91. The quantitative estimate of drug-likeness (QED) is 0.570. The summed E-state index contributed by atoms with van der Waals surface area (Å²) in [5, 5.41) is 24.0. The average Bonchev–Trinajstić information content (AvgIpc) is 2.57. The summed E-state index contributed by atoms with van der Waals surface area (Å²) in [4.78, 5) is 0. The van der Waals surface area contributed by atoms with Crippen molar-refractivity contribution >= 4 is 12.2 Å². The zero-order valence-corrected chi connectivity index (χ0v) is 8.83. The summed E-state index contributed by atoms with van der Waals surface area (Å²) in [5.41, 5.74) is 4.13. The lowest BCUT2D eigenvalue weighted by molar-refractivity contribution is 0.726. The molecule has 0 bridgehead atoms. The molecular formula is C12H7N5. The van der Waals surface area contributed by atoms with Gasteiger partial charge in [-0.1, -0.05) is 18.2 Å². The Hall–Kier alpha value is -2.61. The van der Waals surface area contributed by atoms with Gasteiger partial charge in [0.2, 0.25) is 0 Å². The van der Waals surface area contributed by atoms with Crippen LogP contribution in [0.25, 0.3) is 12.2 Å². The van der Waals surface area contributed by atoms with Gasteiger partial charge in [0, 0.05) is 6.42 Å². The number of rotatable bonds is 0. The fraction of sp³-hybridized carbons (Fsp3) is 0.0833. The van der Waals surface area contributed by atoms with Gasteiger partial charge in [-0.05, 0) is 33.7 Å². The third-order valence-electron chi connectivity index (χ3n) is 2.74. The first-order valence-electron chi connectivity index (χ1n) is 5.13. The lowest BCUT2D eigenvalue weighted by Crippen LogP contribution is -2.03. The molecule has 0 radical (unpaired) electrons. The van der Waals surface area contributed by atoms with E-state index >= 15 is 0 Å². The van der Waals surface area contributed by atoms with E-state index in [1.165, 1.54) is 0 Å². The standard InChI is InChI=1S/C12H7N5/c13-7-9-3-1-2-8-6-12-11(5-4-10(8)9)14-16-17-15-12/h1-5H,6H2. The van der Waals surface area contributed by atoms with Gasteiger partial charge in [0.25, 0.3) is 0 Å². The normalized spacial score (nSPS) is 12.2. The molecule has 17 heavy (non-hydrogen) atoms. The van der Waals surface area contributed by atoms with Gasteiger partial charge in [-0.25, -0.2) is 0 Å². The number of benzene rings is 1. The Morgan fingerprint density at radius 2 is 2.00 bits per heavy atom. The van der Waals surface area contributed by atoms with E-state index in [2.05, 4.69) is 26.7 Å². The lowest BCUT2D eigenvalue weighted by Gasteiger charge is -2.04. The largest absolute Gasteiger partial charge is 0.192 e. The average molecular weight is 221 g/mol. The molecule has 0 saturated carbocycles. The van der Waals surface area contributed by atoms with E-state index in [0.29, 0.717) is 17.7 Å². The molecule has 0 atom stereocenters. The molecule has 0 unspecified atom stereocenters. The van der Waals surface area contributed by atoms with E-state index < -0.39 is 0 Å². The molecule has 0 aliphatic heterocycles. The summed E-state index contributed by atoms with van der Waals surface area (Å²) in [6, 6.07) is 7.85. The molecule has 0 saturated heterocycles. The number of nitriles is 1. The minimum absolute atomic E-state index is 0.621. The molecule has 0 fully saturated rings. The summed E-state index contributed by atoms with van der Waals surface area (Å²) in [7, 11) is 0. The third-order valence-corrected chi connectivity index (χ3v) is 2.74. The van der Waals surface area contributed by atoms with Crippen LogP contribution < -0.4 is 0 Å². The Labute approximate surface area is 97.4 Å². The molecule has 5 heteroatoms. The smallest absolute Gasteiger partial charge is 0.111 e. The highest BCUT2D eigenvalue weighted by Gasteiger charge is 2.14. The van der Waals surface area contributed by atoms with E-state index in [-0.39, 0.29) is 0 Å². The van der Waals surface area contributed by atoms with Gasteiger partial charge in [0.05, 0.1) is 17.3 Å². The molecule has 1 aromatic carbocycles. The number of hydrogen-bond donors (Lipinski definition) is 0. The van der Waals surface area contributed by atoms with Crippen molar-refractivity contribution in [3.8, 4) is 6.07 Å². The minimum atomic E-state index is 0.621. The molecule has 80 valence electrons. The van der Waals surface area contributed by atoms with Gasteiger partial charge in [-0.3, -0.25) is 0 Å². The maximum absolute atomic E-state index is 9.06. The van der Waals surface area contributed by atoms with Gasteiger partial charge < -0.3 is 0 Å². The zero-order valence-electron chi connectivity index (χ0n) is 8.83. The van der Waals surface area contributed by atoms with Crippen molar-refractivity contribution in [2.24, 2.45) is 0 Å². The predicted octanol–water partition coefficient (Wildman–Crippen LogP) is 1.21. The van der Waals surface area contributed by atoms with Crippen molar-refractivity contribution in [1.82, 2.24) is 20.6 Å². The van der Waals surface area contributed by atoms with Crippen LogP contribution in [0.1, 0.15) is 28.1 Å². The highest BCUT2D eigenvalue weighted by Crippen LogP contribution is 2.24. The van der Waals surface area contributed by atoms with Crippen molar-refractivity contribution < 1.29 is 0 Å². The van der Waals surface area contributed by atoms with Crippen LogP contribution in [0, 0.1) is 11.3 Å². The Bertz CT molecular complexity index is 654. The molecule has 1 heterocycles. The molecule has 1 aliphatic rings. The van der Waals surface area contributed by atoms with Crippen LogP contribution in [0.5, 0.6) is 0 Å². The maximum Gasteiger partial charge on any atom is 0.111 e. The third kappa shape index (κ3) is 1.56. The van der Waals surface area contributed by atoms with Crippen LogP contribution in [0.2, 0.25) is 0 Å². The van der Waals surface area contributed by atoms with Crippen molar-refractivity contribution in [2.75, 3.05) is 0 Å². The van der Waals surface area contributed by atoms with Crippen molar-refractivity contribution in [3.05, 3.63) is 46.3 Å². The molecule has 1 aromatic heterocycles. The van der Waals surface area contributed by atoms with E-state index in [9.17, 15) is 0 Å². The number of nitrogens with zero attached hydrogens (tertiary/aromatic N) is 5. The van der Waals surface area contributed by atoms with Crippen LogP contribution in [0.3, 0.4) is 0 Å². The Morgan fingerprint density at radius 1 is 1.12 bits per heavy atom. The number of hydrogen-bond acceptors (Lipinski definition) is 5. The van der Waals surface area contributed by atoms with Gasteiger partial charge in [-0.2, -0.15) is 5.26 Å². The highest BCUT2D eigenvalue weighted by atomic mass is 15.4. The molecular weight excluding hydrogens is 214 g/mol. The predicted molar refractivity (Wildman–Crippen MR) is 60.5 cm³/mol. The summed E-state index contributed by atoms with van der Waals surface area (Å²) >= 11 is 0. The molecule has 1 aliphatic carbocycles. The summed E-state index contributed by atoms with van der Waals surface area (Å²) in [5.74, 6) is 0. The number of aromatic nitrogens is 4. The Kier molecular flexibility index (Phi) is 2.12. The van der Waals surface area contributed by atoms with Crippen LogP contribution >= 0.6 is 0 Å². The van der Waals surface area contributed by atoms with Crippen LogP contribution in [-0.2, 0) is 6.42 Å².